The quantitative estimate of drug-likeness (QED) is 0.330. The Morgan fingerprint density at radius 2 is 2.19 bits per heavy atom. The van der Waals surface area contributed by atoms with Crippen LogP contribution in [0.5, 0.6) is 0 Å². The van der Waals surface area contributed by atoms with Crippen molar-refractivity contribution in [1.82, 2.24) is 29.7 Å². The summed E-state index contributed by atoms with van der Waals surface area (Å²) in [5.41, 5.74) is 6.75. The number of nitrogen functional groups attached to an aromatic ring is 1. The van der Waals surface area contributed by atoms with E-state index in [0.29, 0.717) is 43.0 Å². The number of fused-ring (bicyclic) bond motifs is 1. The number of amides is 1. The van der Waals surface area contributed by atoms with Gasteiger partial charge in [-0.05, 0) is 7.05 Å². The molecule has 0 spiro atoms. The summed E-state index contributed by atoms with van der Waals surface area (Å²) in [6.07, 6.45) is -1.27. The number of aromatic nitrogens is 4. The fraction of sp³-hybridized carbons (Fsp3) is 0.600. The number of hydrogen-bond donors (Lipinski definition) is 4. The first-order valence-corrected chi connectivity index (χ1v) is 8.32. The molecule has 1 fully saturated rings. The zero-order chi connectivity index (χ0) is 18.8. The zero-order valence-corrected chi connectivity index (χ0v) is 14.6. The molecule has 1 saturated heterocycles. The van der Waals surface area contributed by atoms with Crippen LogP contribution in [0.4, 0.5) is 5.82 Å². The molecule has 3 heterocycles. The number of likely N-dealkylation sites (N-methyl/N-ethyl adjacent to an activating group) is 1. The summed E-state index contributed by atoms with van der Waals surface area (Å²) < 4.78 is 7.59. The largest absolute Gasteiger partial charge is 0.387 e. The van der Waals surface area contributed by atoms with E-state index in [4.69, 9.17) is 10.5 Å². The molecule has 142 valence electrons. The van der Waals surface area contributed by atoms with E-state index in [0.717, 1.165) is 0 Å². The molecule has 1 amide bonds. The smallest absolute Gasteiger partial charge is 0.208 e. The number of hydrogen-bond acceptors (Lipinski definition) is 9. The second kappa shape index (κ2) is 7.50. The maximum absolute atomic E-state index is 10.5. The van der Waals surface area contributed by atoms with E-state index in [9.17, 15) is 15.0 Å². The number of aliphatic hydroxyl groups is 2. The average molecular weight is 365 g/mol. The van der Waals surface area contributed by atoms with Crippen LogP contribution in [0.1, 0.15) is 19.0 Å². The lowest BCUT2D eigenvalue weighted by Crippen LogP contribution is -2.41. The first-order valence-electron chi connectivity index (χ1n) is 8.32. The van der Waals surface area contributed by atoms with E-state index >= 15 is 0 Å². The maximum atomic E-state index is 10.5. The number of ether oxygens (including phenoxy) is 1. The van der Waals surface area contributed by atoms with Crippen molar-refractivity contribution in [2.45, 2.75) is 37.9 Å². The summed E-state index contributed by atoms with van der Waals surface area (Å²) in [4.78, 5) is 24.8. The van der Waals surface area contributed by atoms with Crippen LogP contribution in [0.2, 0.25) is 0 Å². The number of anilines is 1. The Kier molecular flexibility index (Phi) is 5.32. The minimum atomic E-state index is -1.16. The van der Waals surface area contributed by atoms with E-state index < -0.39 is 24.5 Å². The minimum absolute atomic E-state index is 0.243. The van der Waals surface area contributed by atoms with E-state index in [2.05, 4.69) is 20.3 Å². The minimum Gasteiger partial charge on any atom is -0.387 e. The predicted molar refractivity (Wildman–Crippen MR) is 91.7 cm³/mol. The van der Waals surface area contributed by atoms with Gasteiger partial charge in [0.15, 0.2) is 23.2 Å². The molecule has 11 nitrogen and oxygen atoms in total. The summed E-state index contributed by atoms with van der Waals surface area (Å²) in [6, 6.07) is 0. The molecule has 0 saturated carbocycles. The zero-order valence-electron chi connectivity index (χ0n) is 14.6. The molecule has 1 aliphatic rings. The first kappa shape index (κ1) is 18.5. The van der Waals surface area contributed by atoms with Crippen molar-refractivity contribution < 1.29 is 19.7 Å². The van der Waals surface area contributed by atoms with Gasteiger partial charge in [0.1, 0.15) is 30.5 Å². The Morgan fingerprint density at radius 3 is 2.88 bits per heavy atom. The predicted octanol–water partition coefficient (Wildman–Crippen LogP) is -1.77. The molecule has 4 atom stereocenters. The number of rotatable bonds is 7. The number of nitrogens with two attached hydrogens (primary N) is 1. The van der Waals surface area contributed by atoms with Gasteiger partial charge in [0.2, 0.25) is 6.41 Å². The lowest BCUT2D eigenvalue weighted by Gasteiger charge is -2.22. The van der Waals surface area contributed by atoms with Crippen LogP contribution in [0.3, 0.4) is 0 Å². The van der Waals surface area contributed by atoms with E-state index in [-0.39, 0.29) is 5.82 Å². The van der Waals surface area contributed by atoms with Crippen molar-refractivity contribution >= 4 is 23.4 Å². The van der Waals surface area contributed by atoms with Crippen molar-refractivity contribution in [3.05, 3.63) is 12.2 Å². The number of nitrogens with zero attached hydrogens (tertiary/aromatic N) is 5. The lowest BCUT2D eigenvalue weighted by atomic mass is 10.1. The Balaban J connectivity index is 1.89. The van der Waals surface area contributed by atoms with Crippen molar-refractivity contribution in [1.29, 1.82) is 0 Å². The molecule has 5 N–H and O–H groups in total. The Hall–Kier alpha value is -2.34. The van der Waals surface area contributed by atoms with Crippen LogP contribution in [0.15, 0.2) is 6.33 Å². The SMILES string of the molecule is CCc1nc2c(N)ncnc2n1[C@@H]1O[C@H](CN(C)CNC=O)C(O)C1O. The number of aliphatic hydroxyl groups excluding tert-OH is 2. The van der Waals surface area contributed by atoms with Crippen LogP contribution < -0.4 is 11.1 Å². The van der Waals surface area contributed by atoms with Gasteiger partial charge in [-0.2, -0.15) is 0 Å². The normalized spacial score (nSPS) is 25.9. The van der Waals surface area contributed by atoms with Crippen LogP contribution in [0, 0.1) is 0 Å². The third-order valence-corrected chi connectivity index (χ3v) is 4.42. The van der Waals surface area contributed by atoms with E-state index in [1.165, 1.54) is 6.33 Å². The number of imidazole rings is 1. The summed E-state index contributed by atoms with van der Waals surface area (Å²) >= 11 is 0. The molecule has 26 heavy (non-hydrogen) atoms. The molecule has 2 aromatic rings. The first-order chi connectivity index (χ1) is 12.5. The molecular weight excluding hydrogens is 342 g/mol. The number of carbonyl (C=O) groups excluding carboxylic acids is 1. The molecule has 1 aliphatic heterocycles. The topological polar surface area (TPSA) is 152 Å². The monoisotopic (exact) mass is 365 g/mol. The summed E-state index contributed by atoms with van der Waals surface area (Å²) in [5, 5.41) is 23.5. The van der Waals surface area contributed by atoms with Crippen LogP contribution in [-0.2, 0) is 16.0 Å². The van der Waals surface area contributed by atoms with E-state index in [1.807, 2.05) is 6.92 Å². The van der Waals surface area contributed by atoms with Crippen LogP contribution >= 0.6 is 0 Å². The summed E-state index contributed by atoms with van der Waals surface area (Å²) in [5.74, 6) is 0.868. The van der Waals surface area contributed by atoms with Gasteiger partial charge in [-0.1, -0.05) is 6.92 Å². The Bertz CT molecular complexity index is 783. The van der Waals surface area contributed by atoms with Gasteiger partial charge in [0.05, 0.1) is 6.67 Å². The molecule has 3 rings (SSSR count). The standard InChI is InChI=1S/C15H23N7O4/c1-3-9-20-10-13(16)18-5-19-14(10)22(9)15-12(25)11(24)8(26-15)4-21(2)6-17-7-23/h5,7-8,11-12,15,24-25H,3-4,6H2,1-2H3,(H,17,23)(H2,16,18,19)/t8-,11?,12?,15-/m1/s1. The second-order valence-corrected chi connectivity index (χ2v) is 6.25. The molecule has 11 heteroatoms. The highest BCUT2D eigenvalue weighted by Crippen LogP contribution is 2.33. The third-order valence-electron chi connectivity index (χ3n) is 4.42. The molecule has 0 aliphatic carbocycles. The fourth-order valence-corrected chi connectivity index (χ4v) is 3.15. The van der Waals surface area contributed by atoms with Gasteiger partial charge >= 0.3 is 0 Å². The van der Waals surface area contributed by atoms with Gasteiger partial charge in [0, 0.05) is 13.0 Å². The average Bonchev–Trinajstić information content (AvgIpc) is 3.13. The van der Waals surface area contributed by atoms with Gasteiger partial charge in [-0.25, -0.2) is 15.0 Å². The lowest BCUT2D eigenvalue weighted by molar-refractivity contribution is -0.110. The summed E-state index contributed by atoms with van der Waals surface area (Å²) in [6.45, 7) is 2.53. The van der Waals surface area contributed by atoms with Crippen molar-refractivity contribution in [2.24, 2.45) is 0 Å². The highest BCUT2D eigenvalue weighted by atomic mass is 16.6. The van der Waals surface area contributed by atoms with Gasteiger partial charge in [-0.15, -0.1) is 0 Å². The summed E-state index contributed by atoms with van der Waals surface area (Å²) in [7, 11) is 1.77. The second-order valence-electron chi connectivity index (χ2n) is 6.25. The highest BCUT2D eigenvalue weighted by molar-refractivity contribution is 5.81. The van der Waals surface area contributed by atoms with Crippen molar-refractivity contribution in [3.8, 4) is 0 Å². The van der Waals surface area contributed by atoms with Gasteiger partial charge < -0.3 is 26.0 Å². The molecule has 2 aromatic heterocycles. The molecule has 0 bridgehead atoms. The Labute approximate surface area is 149 Å². The maximum Gasteiger partial charge on any atom is 0.208 e. The van der Waals surface area contributed by atoms with Gasteiger partial charge in [0.25, 0.3) is 0 Å². The Morgan fingerprint density at radius 1 is 1.42 bits per heavy atom. The number of nitrogens with one attached hydrogen (secondary N) is 1. The molecule has 0 aromatic carbocycles. The van der Waals surface area contributed by atoms with Crippen molar-refractivity contribution in [3.63, 3.8) is 0 Å². The number of aryl methyl sites for hydroxylation is 1. The molecule has 0 radical (unpaired) electrons. The van der Waals surface area contributed by atoms with Crippen molar-refractivity contribution in [2.75, 3.05) is 26.0 Å². The van der Waals surface area contributed by atoms with Crippen LogP contribution in [0.25, 0.3) is 11.2 Å². The molecular formula is C15H23N7O4. The van der Waals surface area contributed by atoms with Crippen LogP contribution in [-0.4, -0.2) is 79.6 Å². The molecule has 2 unspecified atom stereocenters. The number of carbonyl (C=O) groups is 1. The fourth-order valence-electron chi connectivity index (χ4n) is 3.15. The third kappa shape index (κ3) is 3.21. The van der Waals surface area contributed by atoms with Gasteiger partial charge in [-0.3, -0.25) is 14.3 Å². The van der Waals surface area contributed by atoms with E-state index in [1.54, 1.807) is 16.5 Å². The highest BCUT2D eigenvalue weighted by Gasteiger charge is 2.45.